The highest BCUT2D eigenvalue weighted by atomic mass is 16.5. The van der Waals surface area contributed by atoms with E-state index < -0.39 is 0 Å². The van der Waals surface area contributed by atoms with Gasteiger partial charge in [0.15, 0.2) is 0 Å². The molecule has 1 fully saturated rings. The summed E-state index contributed by atoms with van der Waals surface area (Å²) < 4.78 is 5.50. The fourth-order valence-electron chi connectivity index (χ4n) is 4.15. The Hall–Kier alpha value is -3.85. The van der Waals surface area contributed by atoms with Crippen LogP contribution in [0.1, 0.15) is 40.0 Å². The summed E-state index contributed by atoms with van der Waals surface area (Å²) in [6.07, 6.45) is 2.99. The van der Waals surface area contributed by atoms with Crippen LogP contribution in [0.4, 0.5) is 5.69 Å². The van der Waals surface area contributed by atoms with E-state index in [1.165, 1.54) is 6.20 Å². The molecule has 2 aromatic carbocycles. The van der Waals surface area contributed by atoms with Crippen molar-refractivity contribution in [2.24, 2.45) is 10.7 Å². The highest BCUT2D eigenvalue weighted by Crippen LogP contribution is 2.27. The number of likely N-dealkylation sites (N-methyl/N-ethyl adjacent to an activating group) is 2. The van der Waals surface area contributed by atoms with E-state index in [-0.39, 0.29) is 24.4 Å². The van der Waals surface area contributed by atoms with Crippen LogP contribution in [-0.2, 0) is 4.79 Å². The number of nitrogens with zero attached hydrogens (tertiary/aromatic N) is 3. The Morgan fingerprint density at radius 1 is 1.16 bits per heavy atom. The van der Waals surface area contributed by atoms with Crippen molar-refractivity contribution in [2.75, 3.05) is 58.8 Å². The number of allylic oxidation sites excluding steroid dienone is 1. The van der Waals surface area contributed by atoms with E-state index in [9.17, 15) is 9.59 Å². The average molecular weight is 507 g/mol. The Labute approximate surface area is 219 Å². The number of nitrogens with two attached hydrogens (primary N) is 1. The highest BCUT2D eigenvalue weighted by molar-refractivity contribution is 6.10. The number of amides is 2. The summed E-state index contributed by atoms with van der Waals surface area (Å²) in [4.78, 5) is 33.6. The molecule has 1 atom stereocenters. The maximum Gasteiger partial charge on any atom is 0.252 e. The van der Waals surface area contributed by atoms with Crippen LogP contribution in [0.15, 0.2) is 47.6 Å². The summed E-state index contributed by atoms with van der Waals surface area (Å²) in [5.74, 6) is 0.301. The summed E-state index contributed by atoms with van der Waals surface area (Å²) in [7, 11) is 5.28. The van der Waals surface area contributed by atoms with Crippen molar-refractivity contribution in [1.82, 2.24) is 15.5 Å². The Balaban J connectivity index is 1.80. The zero-order valence-corrected chi connectivity index (χ0v) is 22.4. The smallest absolute Gasteiger partial charge is 0.252 e. The predicted molar refractivity (Wildman–Crippen MR) is 149 cm³/mol. The van der Waals surface area contributed by atoms with Crippen molar-refractivity contribution < 1.29 is 14.3 Å². The zero-order valence-electron chi connectivity index (χ0n) is 22.4. The molecule has 0 spiro atoms. The number of aryl methyl sites for hydroxylation is 1. The number of hydrogen-bond acceptors (Lipinski definition) is 7. The molecule has 4 N–H and O–H groups in total. The first kappa shape index (κ1) is 27.7. The maximum atomic E-state index is 13.3. The molecule has 1 aliphatic rings. The Morgan fingerprint density at radius 3 is 2.54 bits per heavy atom. The van der Waals surface area contributed by atoms with Crippen LogP contribution >= 0.6 is 0 Å². The highest BCUT2D eigenvalue weighted by Gasteiger charge is 2.19. The topological polar surface area (TPSA) is 112 Å². The van der Waals surface area contributed by atoms with Gasteiger partial charge in [-0.15, -0.1) is 0 Å². The molecule has 1 heterocycles. The summed E-state index contributed by atoms with van der Waals surface area (Å²) in [5.41, 5.74) is 10.8. The molecule has 1 saturated heterocycles. The molecule has 9 nitrogen and oxygen atoms in total. The molecule has 2 amide bonds. The molecule has 1 aliphatic heterocycles. The second-order valence-electron chi connectivity index (χ2n) is 9.24. The number of carbonyl (C=O) groups excluding carboxylic acids is 2. The molecule has 0 aliphatic carbocycles. The third kappa shape index (κ3) is 7.33. The number of ether oxygens (including phenoxy) is 1. The normalized spacial score (nSPS) is 15.5. The minimum atomic E-state index is -0.296. The molecule has 9 heteroatoms. The van der Waals surface area contributed by atoms with E-state index in [1.54, 1.807) is 20.4 Å². The van der Waals surface area contributed by atoms with Gasteiger partial charge in [-0.3, -0.25) is 14.6 Å². The molecule has 0 aromatic heterocycles. The number of benzene rings is 2. The van der Waals surface area contributed by atoms with Gasteiger partial charge in [-0.05, 0) is 67.9 Å². The number of carbonyl (C=O) groups is 2. The zero-order chi connectivity index (χ0) is 26.9. The molecule has 37 heavy (non-hydrogen) atoms. The van der Waals surface area contributed by atoms with Gasteiger partial charge in [0.2, 0.25) is 5.91 Å². The molecule has 0 saturated carbocycles. The number of hydrogen-bond donors (Lipinski definition) is 3. The van der Waals surface area contributed by atoms with Crippen molar-refractivity contribution in [3.63, 3.8) is 0 Å². The third-order valence-corrected chi connectivity index (χ3v) is 6.60. The molecule has 0 radical (unpaired) electrons. The van der Waals surface area contributed by atoms with Crippen molar-refractivity contribution >= 4 is 29.3 Å². The van der Waals surface area contributed by atoms with Crippen molar-refractivity contribution in [1.29, 1.82) is 0 Å². The van der Waals surface area contributed by atoms with Gasteiger partial charge in [-0.2, -0.15) is 0 Å². The van der Waals surface area contributed by atoms with Crippen LogP contribution in [0.3, 0.4) is 0 Å². The minimum absolute atomic E-state index is 0.00364. The molecule has 3 rings (SSSR count). The van der Waals surface area contributed by atoms with E-state index in [0.29, 0.717) is 16.9 Å². The number of rotatable bonds is 9. The first-order valence-corrected chi connectivity index (χ1v) is 12.4. The summed E-state index contributed by atoms with van der Waals surface area (Å²) >= 11 is 0. The summed E-state index contributed by atoms with van der Waals surface area (Å²) in [6, 6.07) is 11.4. The van der Waals surface area contributed by atoms with Gasteiger partial charge >= 0.3 is 0 Å². The van der Waals surface area contributed by atoms with E-state index in [2.05, 4.69) is 38.5 Å². The lowest BCUT2D eigenvalue weighted by molar-refractivity contribution is -0.119. The molecule has 0 bridgehead atoms. The maximum absolute atomic E-state index is 13.3. The van der Waals surface area contributed by atoms with E-state index >= 15 is 0 Å². The lowest BCUT2D eigenvalue weighted by Gasteiger charge is -2.34. The van der Waals surface area contributed by atoms with Crippen molar-refractivity contribution in [3.05, 3.63) is 64.9 Å². The summed E-state index contributed by atoms with van der Waals surface area (Å²) in [5, 5.41) is 5.66. The average Bonchev–Trinajstić information content (AvgIpc) is 2.91. The minimum Gasteiger partial charge on any atom is -0.497 e. The van der Waals surface area contributed by atoms with Gasteiger partial charge in [0.1, 0.15) is 12.3 Å². The van der Waals surface area contributed by atoms with Crippen LogP contribution in [-0.4, -0.2) is 76.9 Å². The number of aliphatic imine (C=N–C) groups is 1. The first-order valence-electron chi connectivity index (χ1n) is 12.4. The van der Waals surface area contributed by atoms with Crippen molar-refractivity contribution in [2.45, 2.75) is 19.9 Å². The standard InChI is InChI=1S/C28H38N6O3/c1-19-6-7-24(34-10-8-33(4)9-11-34)15-26(19)28(36)32-20(2)21-12-22(14-25(13-21)37-5)23(16-29)17-31-18-27(35)30-3/h6-7,12-17,20H,8-11,18,29H2,1-5H3,(H,30,35)(H,32,36)/t20-/m1/s1. The van der Waals surface area contributed by atoms with E-state index in [1.807, 2.05) is 44.2 Å². The Morgan fingerprint density at radius 2 is 1.89 bits per heavy atom. The van der Waals surface area contributed by atoms with Crippen molar-refractivity contribution in [3.8, 4) is 5.75 Å². The number of anilines is 1. The second-order valence-corrected chi connectivity index (χ2v) is 9.24. The van der Waals surface area contributed by atoms with Gasteiger partial charge in [-0.1, -0.05) is 6.07 Å². The Bertz CT molecular complexity index is 1170. The largest absolute Gasteiger partial charge is 0.497 e. The fourth-order valence-corrected chi connectivity index (χ4v) is 4.15. The van der Waals surface area contributed by atoms with Gasteiger partial charge in [0.05, 0.1) is 13.2 Å². The third-order valence-electron chi connectivity index (χ3n) is 6.60. The molecular weight excluding hydrogens is 468 g/mol. The lowest BCUT2D eigenvalue weighted by Crippen LogP contribution is -2.44. The van der Waals surface area contributed by atoms with Gasteiger partial charge < -0.3 is 30.9 Å². The molecular formula is C28H38N6O3. The monoisotopic (exact) mass is 506 g/mol. The van der Waals surface area contributed by atoms with E-state index in [0.717, 1.165) is 48.6 Å². The van der Waals surface area contributed by atoms with Crippen LogP contribution in [0, 0.1) is 6.92 Å². The van der Waals surface area contributed by atoms with Gasteiger partial charge in [-0.25, -0.2) is 0 Å². The molecule has 2 aromatic rings. The molecule has 198 valence electrons. The molecule has 0 unspecified atom stereocenters. The number of piperazine rings is 1. The van der Waals surface area contributed by atoms with Crippen LogP contribution < -0.4 is 26.0 Å². The first-order chi connectivity index (χ1) is 17.7. The van der Waals surface area contributed by atoms with E-state index in [4.69, 9.17) is 10.5 Å². The number of methoxy groups -OCH3 is 1. The Kier molecular flexibility index (Phi) is 9.68. The van der Waals surface area contributed by atoms with Crippen LogP contribution in [0.2, 0.25) is 0 Å². The summed E-state index contributed by atoms with van der Waals surface area (Å²) in [6.45, 7) is 7.76. The number of nitrogens with one attached hydrogen (secondary N) is 2. The predicted octanol–water partition coefficient (Wildman–Crippen LogP) is 2.36. The fraction of sp³-hybridized carbons (Fsp3) is 0.393. The SMILES string of the molecule is CNC(=O)CN=CC(=CN)c1cc(OC)cc([C@@H](C)NC(=O)c2cc(N3CCN(C)CC3)ccc2C)c1. The van der Waals surface area contributed by atoms with Crippen LogP contribution in [0.5, 0.6) is 5.75 Å². The quantitative estimate of drug-likeness (QED) is 0.450. The van der Waals surface area contributed by atoms with Gasteiger partial charge in [0, 0.05) is 62.5 Å². The van der Waals surface area contributed by atoms with Crippen LogP contribution in [0.25, 0.3) is 5.57 Å². The van der Waals surface area contributed by atoms with Gasteiger partial charge in [0.25, 0.3) is 5.91 Å². The lowest BCUT2D eigenvalue weighted by atomic mass is 9.99. The second kappa shape index (κ2) is 12.9.